The van der Waals surface area contributed by atoms with Crippen LogP contribution in [0.2, 0.25) is 0 Å². The van der Waals surface area contributed by atoms with Gasteiger partial charge in [-0.15, -0.1) is 0 Å². The van der Waals surface area contributed by atoms with Crippen molar-refractivity contribution >= 4 is 29.3 Å². The highest BCUT2D eigenvalue weighted by Gasteiger charge is 2.12. The van der Waals surface area contributed by atoms with Gasteiger partial charge in [0.15, 0.2) is 17.3 Å². The summed E-state index contributed by atoms with van der Waals surface area (Å²) in [5.74, 6) is 2.14. The van der Waals surface area contributed by atoms with Crippen molar-refractivity contribution < 1.29 is 23.7 Å². The van der Waals surface area contributed by atoms with E-state index in [1.165, 1.54) is 6.08 Å². The van der Waals surface area contributed by atoms with Crippen LogP contribution in [0.25, 0.3) is 12.2 Å². The van der Waals surface area contributed by atoms with Crippen molar-refractivity contribution in [2.24, 2.45) is 0 Å². The van der Waals surface area contributed by atoms with Crippen molar-refractivity contribution in [1.82, 2.24) is 0 Å². The summed E-state index contributed by atoms with van der Waals surface area (Å²) in [5, 5.41) is 3.12. The van der Waals surface area contributed by atoms with Gasteiger partial charge in [-0.2, -0.15) is 0 Å². The molecule has 0 atom stereocenters. The number of methoxy groups -OCH3 is 4. The van der Waals surface area contributed by atoms with Crippen LogP contribution in [-0.4, -0.2) is 34.2 Å². The zero-order chi connectivity index (χ0) is 24.5. The Kier molecular flexibility index (Phi) is 8.18. The first kappa shape index (κ1) is 24.3. The molecule has 0 bridgehead atoms. The largest absolute Gasteiger partial charge is 0.495 e. The molecule has 3 aromatic carbocycles. The number of nitrogens with two attached hydrogens (primary N) is 1. The predicted molar refractivity (Wildman–Crippen MR) is 136 cm³/mol. The third-order valence-corrected chi connectivity index (χ3v) is 5.08. The maximum atomic E-state index is 12.4. The molecule has 3 N–H and O–H groups in total. The number of carbonyl (C=O) groups excluding carboxylic acids is 1. The Hall–Kier alpha value is -4.39. The van der Waals surface area contributed by atoms with Crippen LogP contribution < -0.4 is 30.0 Å². The number of nitrogen functional groups attached to an aromatic ring is 1. The summed E-state index contributed by atoms with van der Waals surface area (Å²) in [6.45, 7) is 0. The highest BCUT2D eigenvalue weighted by molar-refractivity contribution is 6.08. The van der Waals surface area contributed by atoms with E-state index in [-0.39, 0.29) is 5.78 Å². The van der Waals surface area contributed by atoms with Crippen LogP contribution in [0, 0.1) is 0 Å². The van der Waals surface area contributed by atoms with E-state index in [1.807, 2.05) is 42.5 Å². The molecule has 0 unspecified atom stereocenters. The number of carbonyl (C=O) groups is 1. The minimum Gasteiger partial charge on any atom is -0.495 e. The topological polar surface area (TPSA) is 92.0 Å². The summed E-state index contributed by atoms with van der Waals surface area (Å²) in [6.07, 6.45) is 6.89. The second kappa shape index (κ2) is 11.5. The molecular weight excluding hydrogens is 432 g/mol. The van der Waals surface area contributed by atoms with Gasteiger partial charge in [0.25, 0.3) is 0 Å². The van der Waals surface area contributed by atoms with Gasteiger partial charge in [-0.1, -0.05) is 30.4 Å². The number of hydrogen-bond acceptors (Lipinski definition) is 7. The fourth-order valence-corrected chi connectivity index (χ4v) is 3.35. The van der Waals surface area contributed by atoms with Gasteiger partial charge in [0.05, 0.1) is 34.1 Å². The summed E-state index contributed by atoms with van der Waals surface area (Å²) >= 11 is 0. The van der Waals surface area contributed by atoms with E-state index in [9.17, 15) is 4.79 Å². The van der Waals surface area contributed by atoms with E-state index in [1.54, 1.807) is 58.9 Å². The van der Waals surface area contributed by atoms with Crippen molar-refractivity contribution in [3.8, 4) is 23.0 Å². The standard InChI is InChI=1S/C27H28N2O5/c1-31-24-12-11-18(9-10-19-16-25(32-2)27(34-4)26(17-19)33-3)15-22(24)29-14-13-23(30)20-7-5-6-8-21(20)28/h5-17,29H,28H2,1-4H3/b10-9-,14-13-. The predicted octanol–water partition coefficient (Wildman–Crippen LogP) is 5.28. The van der Waals surface area contributed by atoms with E-state index in [4.69, 9.17) is 24.7 Å². The van der Waals surface area contributed by atoms with Crippen molar-refractivity contribution in [3.63, 3.8) is 0 Å². The fraction of sp³-hybridized carbons (Fsp3) is 0.148. The van der Waals surface area contributed by atoms with Gasteiger partial charge in [0, 0.05) is 23.5 Å². The number of ether oxygens (including phenoxy) is 4. The number of allylic oxidation sites excluding steroid dienone is 1. The van der Waals surface area contributed by atoms with E-state index < -0.39 is 0 Å². The van der Waals surface area contributed by atoms with Crippen molar-refractivity contribution in [2.75, 3.05) is 39.5 Å². The Bertz CT molecular complexity index is 1190. The highest BCUT2D eigenvalue weighted by Crippen LogP contribution is 2.38. The molecular formula is C27H28N2O5. The molecule has 0 fully saturated rings. The number of benzene rings is 3. The monoisotopic (exact) mass is 460 g/mol. The minimum absolute atomic E-state index is 0.192. The van der Waals surface area contributed by atoms with Crippen LogP contribution in [0.5, 0.6) is 23.0 Å². The molecule has 0 heterocycles. The molecule has 7 nitrogen and oxygen atoms in total. The highest BCUT2D eigenvalue weighted by atomic mass is 16.5. The minimum atomic E-state index is -0.192. The summed E-state index contributed by atoms with van der Waals surface area (Å²) in [6, 6.07) is 16.4. The molecule has 0 aliphatic heterocycles. The summed E-state index contributed by atoms with van der Waals surface area (Å²) in [7, 11) is 6.32. The first-order chi connectivity index (χ1) is 16.5. The van der Waals surface area contributed by atoms with Crippen molar-refractivity contribution in [1.29, 1.82) is 0 Å². The molecule has 3 aromatic rings. The maximum absolute atomic E-state index is 12.4. The molecule has 0 spiro atoms. The molecule has 0 aliphatic rings. The molecule has 7 heteroatoms. The van der Waals surface area contributed by atoms with E-state index >= 15 is 0 Å². The lowest BCUT2D eigenvalue weighted by Crippen LogP contribution is -2.01. The number of rotatable bonds is 10. The molecule has 0 amide bonds. The number of nitrogens with one attached hydrogen (secondary N) is 1. The Morgan fingerprint density at radius 3 is 2.06 bits per heavy atom. The van der Waals surface area contributed by atoms with Gasteiger partial charge in [-0.05, 0) is 47.5 Å². The molecule has 0 saturated heterocycles. The first-order valence-corrected chi connectivity index (χ1v) is 10.5. The smallest absolute Gasteiger partial charge is 0.203 e. The van der Waals surface area contributed by atoms with E-state index in [0.29, 0.717) is 39.9 Å². The summed E-state index contributed by atoms with van der Waals surface area (Å²) in [4.78, 5) is 12.4. The fourth-order valence-electron chi connectivity index (χ4n) is 3.35. The molecule has 176 valence electrons. The third kappa shape index (κ3) is 5.69. The quantitative estimate of drug-likeness (QED) is 0.184. The Labute approximate surface area is 199 Å². The normalized spacial score (nSPS) is 10.9. The molecule has 3 rings (SSSR count). The van der Waals surface area contributed by atoms with Crippen LogP contribution >= 0.6 is 0 Å². The number of para-hydroxylation sites is 1. The zero-order valence-corrected chi connectivity index (χ0v) is 19.6. The van der Waals surface area contributed by atoms with Gasteiger partial charge < -0.3 is 30.0 Å². The lowest BCUT2D eigenvalue weighted by molar-refractivity contribution is 0.104. The molecule has 0 aromatic heterocycles. The number of anilines is 2. The van der Waals surface area contributed by atoms with E-state index in [0.717, 1.165) is 11.1 Å². The van der Waals surface area contributed by atoms with Crippen LogP contribution in [0.15, 0.2) is 66.9 Å². The van der Waals surface area contributed by atoms with Gasteiger partial charge in [-0.3, -0.25) is 4.79 Å². The maximum Gasteiger partial charge on any atom is 0.203 e. The number of ketones is 1. The lowest BCUT2D eigenvalue weighted by Gasteiger charge is -2.13. The van der Waals surface area contributed by atoms with Crippen LogP contribution in [0.3, 0.4) is 0 Å². The van der Waals surface area contributed by atoms with Gasteiger partial charge in [0.1, 0.15) is 5.75 Å². The van der Waals surface area contributed by atoms with Crippen molar-refractivity contribution in [2.45, 2.75) is 0 Å². The molecule has 0 aliphatic carbocycles. The SMILES string of the molecule is COc1ccc(/C=C\c2cc(OC)c(OC)c(OC)c2)cc1N/C=C\C(=O)c1ccccc1N. The van der Waals surface area contributed by atoms with Gasteiger partial charge in [0.2, 0.25) is 5.75 Å². The van der Waals surface area contributed by atoms with Crippen LogP contribution in [0.4, 0.5) is 11.4 Å². The Morgan fingerprint density at radius 1 is 0.794 bits per heavy atom. The van der Waals surface area contributed by atoms with Gasteiger partial charge >= 0.3 is 0 Å². The van der Waals surface area contributed by atoms with Crippen LogP contribution in [0.1, 0.15) is 21.5 Å². The van der Waals surface area contributed by atoms with Crippen LogP contribution in [-0.2, 0) is 0 Å². The average Bonchev–Trinajstić information content (AvgIpc) is 2.86. The first-order valence-electron chi connectivity index (χ1n) is 10.5. The van der Waals surface area contributed by atoms with Gasteiger partial charge in [-0.25, -0.2) is 0 Å². The molecule has 0 radical (unpaired) electrons. The average molecular weight is 461 g/mol. The van der Waals surface area contributed by atoms with E-state index in [2.05, 4.69) is 5.32 Å². The summed E-state index contributed by atoms with van der Waals surface area (Å²) < 4.78 is 21.6. The second-order valence-electron chi connectivity index (χ2n) is 7.18. The Balaban J connectivity index is 1.81. The summed E-state index contributed by atoms with van der Waals surface area (Å²) in [5.41, 5.74) is 9.28. The zero-order valence-electron chi connectivity index (χ0n) is 19.6. The number of hydrogen-bond donors (Lipinski definition) is 2. The van der Waals surface area contributed by atoms with Crippen molar-refractivity contribution in [3.05, 3.63) is 83.6 Å². The Morgan fingerprint density at radius 2 is 1.44 bits per heavy atom. The lowest BCUT2D eigenvalue weighted by atomic mass is 10.1. The second-order valence-corrected chi connectivity index (χ2v) is 7.18. The third-order valence-electron chi connectivity index (χ3n) is 5.08. The molecule has 0 saturated carbocycles. The molecule has 34 heavy (non-hydrogen) atoms.